The molecule has 6 nitrogen and oxygen atoms in total. The molecule has 0 aliphatic rings. The predicted octanol–water partition coefficient (Wildman–Crippen LogP) is 4.30. The minimum atomic E-state index is 0.0517. The molecule has 2 aromatic rings. The number of alkyl halides is 2. The Hall–Kier alpha value is -0.840. The number of hydrogen-bond acceptors (Lipinski definition) is 8. The molecule has 0 radical (unpaired) electrons. The van der Waals surface area contributed by atoms with E-state index in [9.17, 15) is 9.59 Å². The Labute approximate surface area is 178 Å². The van der Waals surface area contributed by atoms with Crippen LogP contribution in [0, 0.1) is 0 Å². The molecule has 0 aliphatic heterocycles. The van der Waals surface area contributed by atoms with Gasteiger partial charge in [-0.2, -0.15) is 0 Å². The maximum Gasteiger partial charge on any atom is 0.186 e. The quantitative estimate of drug-likeness (QED) is 0.520. The molecule has 0 atom stereocenters. The summed E-state index contributed by atoms with van der Waals surface area (Å²) in [6.45, 7) is 3.04. The average Bonchev–Trinajstić information content (AvgIpc) is 2.65. The van der Waals surface area contributed by atoms with Crippen molar-refractivity contribution < 1.29 is 9.59 Å². The van der Waals surface area contributed by atoms with Crippen LogP contribution >= 0.6 is 55.4 Å². The van der Waals surface area contributed by atoms with E-state index in [2.05, 4.69) is 51.8 Å². The van der Waals surface area contributed by atoms with Gasteiger partial charge in [-0.15, -0.1) is 0 Å². The highest BCUT2D eigenvalue weighted by atomic mass is 79.9. The van der Waals surface area contributed by atoms with Crippen LogP contribution in [0.5, 0.6) is 0 Å². The number of halogens is 2. The van der Waals surface area contributed by atoms with Crippen LogP contribution in [0.2, 0.25) is 0 Å². The lowest BCUT2D eigenvalue weighted by Crippen LogP contribution is -2.00. The molecule has 0 spiro atoms. The van der Waals surface area contributed by atoms with Crippen molar-refractivity contribution in [3.63, 3.8) is 0 Å². The lowest BCUT2D eigenvalue weighted by atomic mass is 10.3. The topological polar surface area (TPSA) is 85.7 Å². The first kappa shape index (κ1) is 23.2. The van der Waals surface area contributed by atoms with Crippen LogP contribution in [0.25, 0.3) is 0 Å². The molecule has 140 valence electrons. The van der Waals surface area contributed by atoms with E-state index in [1.54, 1.807) is 24.8 Å². The van der Waals surface area contributed by atoms with Crippen LogP contribution < -0.4 is 0 Å². The molecule has 2 heterocycles. The van der Waals surface area contributed by atoms with Crippen molar-refractivity contribution in [2.45, 2.75) is 36.0 Å². The highest BCUT2D eigenvalue weighted by Crippen LogP contribution is 2.18. The third-order valence-corrected chi connectivity index (χ3v) is 5.51. The van der Waals surface area contributed by atoms with Gasteiger partial charge < -0.3 is 0 Å². The summed E-state index contributed by atoms with van der Waals surface area (Å²) >= 11 is 9.05. The van der Waals surface area contributed by atoms with Gasteiger partial charge in [-0.05, 0) is 0 Å². The maximum atomic E-state index is 10.8. The molecular weight excluding hydrogens is 504 g/mol. The fourth-order valence-corrected chi connectivity index (χ4v) is 3.69. The lowest BCUT2D eigenvalue weighted by molar-refractivity contribution is -0.109. The monoisotopic (exact) mass is 520 g/mol. The second-order valence-electron chi connectivity index (χ2n) is 4.73. The third kappa shape index (κ3) is 9.20. The molecule has 2 aromatic heterocycles. The van der Waals surface area contributed by atoms with Crippen LogP contribution in [-0.2, 0) is 31.8 Å². The molecule has 0 aliphatic carbocycles. The van der Waals surface area contributed by atoms with Crippen molar-refractivity contribution in [1.29, 1.82) is 0 Å². The fraction of sp³-hybridized carbons (Fsp3) is 0.375. The van der Waals surface area contributed by atoms with Crippen LogP contribution in [0.4, 0.5) is 0 Å². The van der Waals surface area contributed by atoms with Crippen LogP contribution in [0.15, 0.2) is 24.8 Å². The first-order valence-corrected chi connectivity index (χ1v) is 11.7. The van der Waals surface area contributed by atoms with E-state index in [4.69, 9.17) is 0 Å². The van der Waals surface area contributed by atoms with Crippen LogP contribution in [-0.4, -0.2) is 30.2 Å². The summed E-state index contributed by atoms with van der Waals surface area (Å²) in [6.07, 6.45) is 6.58. The van der Waals surface area contributed by atoms with Gasteiger partial charge in [-0.3, -0.25) is 29.5 Å². The Morgan fingerprint density at radius 2 is 1.04 bits per heavy atom. The molecule has 0 fully saturated rings. The molecule has 0 bridgehead atoms. The number of rotatable bonds is 6. The summed E-state index contributed by atoms with van der Waals surface area (Å²) in [7, 11) is 0. The number of carbonyl (C=O) groups is 2. The van der Waals surface area contributed by atoms with Crippen molar-refractivity contribution in [2.24, 2.45) is 0 Å². The second kappa shape index (κ2) is 13.3. The van der Waals surface area contributed by atoms with E-state index in [1.807, 2.05) is 0 Å². The molecular formula is C16H18Br2N4O2S2. The highest BCUT2D eigenvalue weighted by Gasteiger charge is 2.08. The molecule has 0 aromatic carbocycles. The second-order valence-corrected chi connectivity index (χ2v) is 8.15. The van der Waals surface area contributed by atoms with Gasteiger partial charge >= 0.3 is 0 Å². The number of hydrogen-bond donors (Lipinski definition) is 0. The molecule has 2 rings (SSSR count). The lowest BCUT2D eigenvalue weighted by Gasteiger charge is -2.04. The van der Waals surface area contributed by atoms with Gasteiger partial charge in [0.2, 0.25) is 0 Å². The van der Waals surface area contributed by atoms with Crippen molar-refractivity contribution in [1.82, 2.24) is 19.9 Å². The van der Waals surface area contributed by atoms with Gasteiger partial charge in [0.15, 0.2) is 10.2 Å². The minimum absolute atomic E-state index is 0.0517. The molecule has 0 N–H and O–H groups in total. The first-order valence-electron chi connectivity index (χ1n) is 7.44. The summed E-state index contributed by atoms with van der Waals surface area (Å²) in [5.74, 6) is 1.02. The fourth-order valence-electron chi connectivity index (χ4n) is 1.60. The van der Waals surface area contributed by atoms with E-state index >= 15 is 0 Å². The number of thioether (sulfide) groups is 2. The molecule has 0 amide bonds. The first-order chi connectivity index (χ1) is 12.5. The smallest absolute Gasteiger partial charge is 0.186 e. The van der Waals surface area contributed by atoms with Gasteiger partial charge in [0.05, 0.1) is 22.8 Å². The molecule has 0 saturated carbocycles. The molecule has 0 saturated heterocycles. The molecule has 0 unspecified atom stereocenters. The number of carbonyl (C=O) groups excluding carboxylic acids is 2. The number of aromatic nitrogens is 4. The van der Waals surface area contributed by atoms with Gasteiger partial charge in [0, 0.05) is 60.8 Å². The van der Waals surface area contributed by atoms with E-state index in [0.717, 1.165) is 33.4 Å². The van der Waals surface area contributed by atoms with Crippen LogP contribution in [0.3, 0.4) is 0 Å². The number of nitrogens with zero attached hydrogens (tertiary/aromatic N) is 4. The van der Waals surface area contributed by atoms with Crippen molar-refractivity contribution in [3.8, 4) is 0 Å². The Balaban J connectivity index is 0.000000289. The Morgan fingerprint density at radius 1 is 0.731 bits per heavy atom. The normalized spacial score (nSPS) is 10.0. The van der Waals surface area contributed by atoms with E-state index in [0.29, 0.717) is 11.5 Å². The summed E-state index contributed by atoms with van der Waals surface area (Å²) < 4.78 is 0. The van der Waals surface area contributed by atoms with Gasteiger partial charge in [0.1, 0.15) is 0 Å². The summed E-state index contributed by atoms with van der Waals surface area (Å²) in [4.78, 5) is 38.3. The Kier molecular flexibility index (Phi) is 11.9. The summed E-state index contributed by atoms with van der Waals surface area (Å²) in [5, 5.41) is 1.63. The van der Waals surface area contributed by atoms with Crippen molar-refractivity contribution in [2.75, 3.05) is 0 Å². The predicted molar refractivity (Wildman–Crippen MR) is 113 cm³/mol. The van der Waals surface area contributed by atoms with E-state index < -0.39 is 0 Å². The molecule has 26 heavy (non-hydrogen) atoms. The largest absolute Gasteiger partial charge is 0.288 e. The van der Waals surface area contributed by atoms with Gasteiger partial charge in [-0.25, -0.2) is 0 Å². The summed E-state index contributed by atoms with van der Waals surface area (Å²) in [6, 6.07) is 0. The SMILES string of the molecule is BrCc1nccnc1CBr.CC(=O)SCc1nccnc1CSC(C)=O. The standard InChI is InChI=1S/C10H12N2O2S2.C6H6Br2N2/c1-7(13)15-5-9-10(6-16-8(2)14)12-4-3-11-9;7-3-5-6(4-8)10-2-1-9-5/h3-4H,5-6H2,1-2H3;1-2H,3-4H2. The Bertz CT molecular complexity index is 675. The highest BCUT2D eigenvalue weighted by molar-refractivity contribution is 9.09. The molecule has 10 heteroatoms. The average molecular weight is 522 g/mol. The van der Waals surface area contributed by atoms with Crippen molar-refractivity contribution in [3.05, 3.63) is 47.6 Å². The van der Waals surface area contributed by atoms with Crippen molar-refractivity contribution >= 4 is 65.6 Å². The third-order valence-electron chi connectivity index (χ3n) is 2.80. The van der Waals surface area contributed by atoms with Gasteiger partial charge in [0.25, 0.3) is 0 Å². The zero-order valence-corrected chi connectivity index (χ0v) is 19.1. The van der Waals surface area contributed by atoms with E-state index in [1.165, 1.54) is 37.4 Å². The van der Waals surface area contributed by atoms with Gasteiger partial charge in [-0.1, -0.05) is 55.4 Å². The maximum absolute atomic E-state index is 10.8. The summed E-state index contributed by atoms with van der Waals surface area (Å²) in [5.41, 5.74) is 3.55. The van der Waals surface area contributed by atoms with Crippen LogP contribution in [0.1, 0.15) is 36.6 Å². The van der Waals surface area contributed by atoms with E-state index in [-0.39, 0.29) is 10.2 Å². The zero-order valence-electron chi connectivity index (χ0n) is 14.3. The minimum Gasteiger partial charge on any atom is -0.288 e. The zero-order chi connectivity index (χ0) is 19.4. The Morgan fingerprint density at radius 3 is 1.31 bits per heavy atom.